The highest BCUT2D eigenvalue weighted by atomic mass is 16.1. The fourth-order valence-electron chi connectivity index (χ4n) is 2.77. The Morgan fingerprint density at radius 3 is 2.83 bits per heavy atom. The molecular weight excluding hydrogens is 290 g/mol. The van der Waals surface area contributed by atoms with Gasteiger partial charge in [0.2, 0.25) is 0 Å². The molecule has 23 heavy (non-hydrogen) atoms. The van der Waals surface area contributed by atoms with Crippen LogP contribution in [0.15, 0.2) is 18.5 Å². The molecule has 1 atom stereocenters. The maximum atomic E-state index is 12.3. The molecule has 1 amide bonds. The summed E-state index contributed by atoms with van der Waals surface area (Å²) in [5.41, 5.74) is 1.57. The molecule has 2 aromatic rings. The first kappa shape index (κ1) is 15.6. The van der Waals surface area contributed by atoms with Crippen LogP contribution in [-0.2, 0) is 18.4 Å². The quantitative estimate of drug-likeness (QED) is 0.920. The predicted molar refractivity (Wildman–Crippen MR) is 87.3 cm³/mol. The molecule has 122 valence electrons. The molecule has 0 aliphatic carbocycles. The van der Waals surface area contributed by atoms with E-state index in [1.54, 1.807) is 19.2 Å². The SMILES string of the molecule is Cc1nccc(C(=O)N[C@H]2CCc3nc(C(C)(C)C)cn3C2)n1. The van der Waals surface area contributed by atoms with E-state index in [4.69, 9.17) is 4.98 Å². The van der Waals surface area contributed by atoms with Crippen molar-refractivity contribution in [2.24, 2.45) is 0 Å². The molecule has 0 saturated heterocycles. The molecule has 0 aromatic carbocycles. The predicted octanol–water partition coefficient (Wildman–Crippen LogP) is 2.02. The standard InChI is InChI=1S/C17H23N5O/c1-11-18-8-7-13(19-11)16(23)20-12-5-6-15-21-14(17(2,3)4)10-22(15)9-12/h7-8,10,12H,5-6,9H2,1-4H3,(H,20,23)/t12-/m0/s1. The van der Waals surface area contributed by atoms with Crippen molar-refractivity contribution in [3.05, 3.63) is 41.5 Å². The van der Waals surface area contributed by atoms with Crippen LogP contribution in [0.1, 0.15) is 55.0 Å². The summed E-state index contributed by atoms with van der Waals surface area (Å²) in [4.78, 5) is 25.2. The molecule has 0 radical (unpaired) electrons. The minimum Gasteiger partial charge on any atom is -0.346 e. The van der Waals surface area contributed by atoms with Crippen LogP contribution in [0, 0.1) is 6.92 Å². The minimum atomic E-state index is -0.139. The second-order valence-electron chi connectivity index (χ2n) is 7.14. The van der Waals surface area contributed by atoms with E-state index in [1.165, 1.54) is 0 Å². The van der Waals surface area contributed by atoms with Gasteiger partial charge in [-0.05, 0) is 19.4 Å². The minimum absolute atomic E-state index is 0.0432. The van der Waals surface area contributed by atoms with Gasteiger partial charge in [-0.15, -0.1) is 0 Å². The van der Waals surface area contributed by atoms with Crippen molar-refractivity contribution in [2.45, 2.75) is 58.5 Å². The van der Waals surface area contributed by atoms with E-state index in [-0.39, 0.29) is 17.4 Å². The smallest absolute Gasteiger partial charge is 0.270 e. The summed E-state index contributed by atoms with van der Waals surface area (Å²) in [6, 6.07) is 1.75. The topological polar surface area (TPSA) is 72.7 Å². The van der Waals surface area contributed by atoms with Crippen molar-refractivity contribution in [3.63, 3.8) is 0 Å². The zero-order chi connectivity index (χ0) is 16.6. The second-order valence-corrected chi connectivity index (χ2v) is 7.14. The third-order valence-corrected chi connectivity index (χ3v) is 4.10. The lowest BCUT2D eigenvalue weighted by Gasteiger charge is -2.24. The largest absolute Gasteiger partial charge is 0.346 e. The van der Waals surface area contributed by atoms with E-state index in [2.05, 4.69) is 46.8 Å². The Bertz CT molecular complexity index is 729. The van der Waals surface area contributed by atoms with Gasteiger partial charge in [0.15, 0.2) is 0 Å². The number of aromatic nitrogens is 4. The summed E-state index contributed by atoms with van der Waals surface area (Å²) >= 11 is 0. The van der Waals surface area contributed by atoms with E-state index >= 15 is 0 Å². The highest BCUT2D eigenvalue weighted by Gasteiger charge is 2.25. The number of nitrogens with zero attached hydrogens (tertiary/aromatic N) is 4. The number of carbonyl (C=O) groups excluding carboxylic acids is 1. The fourth-order valence-corrected chi connectivity index (χ4v) is 2.77. The van der Waals surface area contributed by atoms with Gasteiger partial charge >= 0.3 is 0 Å². The van der Waals surface area contributed by atoms with Gasteiger partial charge in [-0.1, -0.05) is 20.8 Å². The molecule has 1 N–H and O–H groups in total. The summed E-state index contributed by atoms with van der Waals surface area (Å²) in [5.74, 6) is 1.58. The Morgan fingerprint density at radius 2 is 2.13 bits per heavy atom. The van der Waals surface area contributed by atoms with Gasteiger partial charge in [0.05, 0.1) is 5.69 Å². The van der Waals surface area contributed by atoms with Crippen molar-refractivity contribution >= 4 is 5.91 Å². The number of carbonyl (C=O) groups is 1. The molecule has 6 nitrogen and oxygen atoms in total. The van der Waals surface area contributed by atoms with Gasteiger partial charge in [-0.2, -0.15) is 0 Å². The number of hydrogen-bond donors (Lipinski definition) is 1. The normalized spacial score (nSPS) is 17.7. The average Bonchev–Trinajstić information content (AvgIpc) is 2.90. The van der Waals surface area contributed by atoms with Crippen molar-refractivity contribution < 1.29 is 4.79 Å². The van der Waals surface area contributed by atoms with E-state index in [0.29, 0.717) is 11.5 Å². The van der Waals surface area contributed by atoms with Crippen LogP contribution < -0.4 is 5.32 Å². The van der Waals surface area contributed by atoms with Crippen molar-refractivity contribution in [2.75, 3.05) is 0 Å². The summed E-state index contributed by atoms with van der Waals surface area (Å²) in [6.45, 7) is 9.03. The number of amides is 1. The number of fused-ring (bicyclic) bond motifs is 1. The van der Waals surface area contributed by atoms with Gasteiger partial charge < -0.3 is 9.88 Å². The van der Waals surface area contributed by atoms with Crippen LogP contribution in [0.2, 0.25) is 0 Å². The van der Waals surface area contributed by atoms with Gasteiger partial charge in [-0.3, -0.25) is 4.79 Å². The van der Waals surface area contributed by atoms with Crippen molar-refractivity contribution in [1.82, 2.24) is 24.8 Å². The summed E-state index contributed by atoms with van der Waals surface area (Å²) in [7, 11) is 0. The average molecular weight is 313 g/mol. The first-order chi connectivity index (χ1) is 10.8. The fraction of sp³-hybridized carbons (Fsp3) is 0.529. The number of imidazole rings is 1. The van der Waals surface area contributed by atoms with E-state index in [0.717, 1.165) is 30.9 Å². The third kappa shape index (κ3) is 3.41. The van der Waals surface area contributed by atoms with Crippen LogP contribution in [0.5, 0.6) is 0 Å². The van der Waals surface area contributed by atoms with Crippen LogP contribution in [0.25, 0.3) is 0 Å². The van der Waals surface area contributed by atoms with Gasteiger partial charge in [-0.25, -0.2) is 15.0 Å². The zero-order valence-corrected chi connectivity index (χ0v) is 14.1. The van der Waals surface area contributed by atoms with E-state index in [1.807, 2.05) is 0 Å². The van der Waals surface area contributed by atoms with E-state index in [9.17, 15) is 4.79 Å². The summed E-state index contributed by atoms with van der Waals surface area (Å²) in [6.07, 6.45) is 5.50. The number of nitrogens with one attached hydrogen (secondary N) is 1. The van der Waals surface area contributed by atoms with Crippen LogP contribution in [0.3, 0.4) is 0 Å². The lowest BCUT2D eigenvalue weighted by Crippen LogP contribution is -2.41. The molecule has 0 spiro atoms. The molecule has 2 aromatic heterocycles. The molecular formula is C17H23N5O. The third-order valence-electron chi connectivity index (χ3n) is 4.10. The first-order valence-corrected chi connectivity index (χ1v) is 8.00. The zero-order valence-electron chi connectivity index (χ0n) is 14.1. The Balaban J connectivity index is 1.70. The second kappa shape index (κ2) is 5.76. The first-order valence-electron chi connectivity index (χ1n) is 8.00. The maximum Gasteiger partial charge on any atom is 0.270 e. The van der Waals surface area contributed by atoms with Gasteiger partial charge in [0, 0.05) is 36.8 Å². The highest BCUT2D eigenvalue weighted by molar-refractivity contribution is 5.92. The van der Waals surface area contributed by atoms with Crippen molar-refractivity contribution in [1.29, 1.82) is 0 Å². The Hall–Kier alpha value is -2.24. The lowest BCUT2D eigenvalue weighted by molar-refractivity contribution is 0.0922. The monoisotopic (exact) mass is 313 g/mol. The van der Waals surface area contributed by atoms with Crippen LogP contribution in [0.4, 0.5) is 0 Å². The van der Waals surface area contributed by atoms with E-state index < -0.39 is 0 Å². The number of hydrogen-bond acceptors (Lipinski definition) is 4. The van der Waals surface area contributed by atoms with Crippen LogP contribution in [-0.4, -0.2) is 31.5 Å². The number of aryl methyl sites for hydroxylation is 2. The molecule has 0 saturated carbocycles. The van der Waals surface area contributed by atoms with Crippen molar-refractivity contribution in [3.8, 4) is 0 Å². The summed E-state index contributed by atoms with van der Waals surface area (Å²) in [5, 5.41) is 3.07. The Kier molecular flexibility index (Phi) is 3.92. The molecule has 0 bridgehead atoms. The molecule has 1 aliphatic rings. The highest BCUT2D eigenvalue weighted by Crippen LogP contribution is 2.24. The van der Waals surface area contributed by atoms with Gasteiger partial charge in [0.1, 0.15) is 17.3 Å². The van der Waals surface area contributed by atoms with Crippen LogP contribution >= 0.6 is 0 Å². The summed E-state index contributed by atoms with van der Waals surface area (Å²) < 4.78 is 2.17. The molecule has 1 aliphatic heterocycles. The molecule has 0 fully saturated rings. The lowest BCUT2D eigenvalue weighted by atomic mass is 9.93. The maximum absolute atomic E-state index is 12.3. The van der Waals surface area contributed by atoms with Gasteiger partial charge in [0.25, 0.3) is 5.91 Å². The Morgan fingerprint density at radius 1 is 1.35 bits per heavy atom. The molecule has 3 heterocycles. The Labute approximate surface area is 136 Å². The molecule has 0 unspecified atom stereocenters. The number of rotatable bonds is 2. The molecule has 3 rings (SSSR count). The molecule has 6 heteroatoms.